The van der Waals surface area contributed by atoms with Crippen molar-refractivity contribution in [3.63, 3.8) is 0 Å². The monoisotopic (exact) mass is 246 g/mol. The number of furan rings is 1. The summed E-state index contributed by atoms with van der Waals surface area (Å²) in [4.78, 5) is 15.5. The van der Waals surface area contributed by atoms with Gasteiger partial charge in [0.05, 0.1) is 23.9 Å². The summed E-state index contributed by atoms with van der Waals surface area (Å²) in [5.74, 6) is -1.01. The maximum absolute atomic E-state index is 11.1. The Hall–Kier alpha value is -1.88. The van der Waals surface area contributed by atoms with E-state index in [0.717, 1.165) is 16.7 Å². The SMILES string of the molecule is O=C(O)C1CCNC(c2nccc3occc23)C1. The highest BCUT2D eigenvalue weighted by Gasteiger charge is 2.29. The predicted octanol–water partition coefficient (Wildman–Crippen LogP) is 1.95. The number of fused-ring (bicyclic) bond motifs is 1. The molecule has 0 radical (unpaired) electrons. The molecule has 1 aliphatic rings. The van der Waals surface area contributed by atoms with Crippen molar-refractivity contribution in [1.82, 2.24) is 10.3 Å². The minimum absolute atomic E-state index is 0.0128. The Labute approximate surface area is 104 Å². The molecule has 0 aromatic carbocycles. The van der Waals surface area contributed by atoms with Crippen molar-refractivity contribution in [2.45, 2.75) is 18.9 Å². The average Bonchev–Trinajstić information content (AvgIpc) is 2.87. The van der Waals surface area contributed by atoms with E-state index in [-0.39, 0.29) is 12.0 Å². The number of rotatable bonds is 2. The highest BCUT2D eigenvalue weighted by Crippen LogP contribution is 2.30. The first-order valence-corrected chi connectivity index (χ1v) is 6.04. The highest BCUT2D eigenvalue weighted by atomic mass is 16.4. The van der Waals surface area contributed by atoms with E-state index in [4.69, 9.17) is 9.52 Å². The molecule has 5 nitrogen and oxygen atoms in total. The van der Waals surface area contributed by atoms with Crippen LogP contribution < -0.4 is 5.32 Å². The second-order valence-electron chi connectivity index (χ2n) is 4.59. The zero-order chi connectivity index (χ0) is 12.5. The Morgan fingerprint density at radius 1 is 1.50 bits per heavy atom. The minimum Gasteiger partial charge on any atom is -0.481 e. The third-order valence-corrected chi connectivity index (χ3v) is 3.49. The van der Waals surface area contributed by atoms with Gasteiger partial charge in [-0.25, -0.2) is 0 Å². The first-order chi connectivity index (χ1) is 8.75. The number of nitrogens with one attached hydrogen (secondary N) is 1. The molecule has 0 amide bonds. The summed E-state index contributed by atoms with van der Waals surface area (Å²) in [6.45, 7) is 0.706. The minimum atomic E-state index is -0.721. The fourth-order valence-corrected chi connectivity index (χ4v) is 2.54. The van der Waals surface area contributed by atoms with Gasteiger partial charge in [-0.3, -0.25) is 9.78 Å². The molecule has 1 saturated heterocycles. The first-order valence-electron chi connectivity index (χ1n) is 6.04. The fraction of sp³-hybridized carbons (Fsp3) is 0.385. The Morgan fingerprint density at radius 2 is 2.39 bits per heavy atom. The van der Waals surface area contributed by atoms with Crippen molar-refractivity contribution in [2.75, 3.05) is 6.54 Å². The van der Waals surface area contributed by atoms with Gasteiger partial charge in [0.15, 0.2) is 0 Å². The van der Waals surface area contributed by atoms with E-state index in [1.54, 1.807) is 12.5 Å². The molecule has 0 spiro atoms. The Morgan fingerprint density at radius 3 is 3.22 bits per heavy atom. The molecule has 0 bridgehead atoms. The van der Waals surface area contributed by atoms with Gasteiger partial charge in [0.1, 0.15) is 5.58 Å². The number of carboxylic acids is 1. The van der Waals surface area contributed by atoms with Crippen LogP contribution in [0.1, 0.15) is 24.6 Å². The van der Waals surface area contributed by atoms with Crippen LogP contribution >= 0.6 is 0 Å². The molecule has 2 N–H and O–H groups in total. The van der Waals surface area contributed by atoms with Crippen molar-refractivity contribution in [3.05, 3.63) is 30.3 Å². The molecular formula is C13H14N2O3. The predicted molar refractivity (Wildman–Crippen MR) is 65.1 cm³/mol. The van der Waals surface area contributed by atoms with Crippen LogP contribution in [-0.4, -0.2) is 22.6 Å². The smallest absolute Gasteiger partial charge is 0.306 e. The van der Waals surface area contributed by atoms with E-state index in [9.17, 15) is 4.79 Å². The van der Waals surface area contributed by atoms with E-state index in [2.05, 4.69) is 10.3 Å². The van der Waals surface area contributed by atoms with Crippen molar-refractivity contribution < 1.29 is 14.3 Å². The molecule has 1 fully saturated rings. The largest absolute Gasteiger partial charge is 0.481 e. The van der Waals surface area contributed by atoms with Crippen molar-refractivity contribution in [1.29, 1.82) is 0 Å². The van der Waals surface area contributed by atoms with Crippen LogP contribution in [0.3, 0.4) is 0 Å². The van der Waals surface area contributed by atoms with Crippen molar-refractivity contribution in [2.24, 2.45) is 5.92 Å². The van der Waals surface area contributed by atoms with Gasteiger partial charge in [0, 0.05) is 11.6 Å². The van der Waals surface area contributed by atoms with Gasteiger partial charge in [-0.1, -0.05) is 0 Å². The quantitative estimate of drug-likeness (QED) is 0.847. The number of carboxylic acid groups (broad SMARTS) is 1. The lowest BCUT2D eigenvalue weighted by molar-refractivity contribution is -0.143. The summed E-state index contributed by atoms with van der Waals surface area (Å²) in [6.07, 6.45) is 4.58. The van der Waals surface area contributed by atoms with Gasteiger partial charge in [-0.05, 0) is 31.5 Å². The second-order valence-corrected chi connectivity index (χ2v) is 4.59. The Balaban J connectivity index is 1.94. The number of aliphatic carboxylic acids is 1. The molecule has 2 atom stereocenters. The van der Waals surface area contributed by atoms with E-state index < -0.39 is 5.97 Å². The third-order valence-electron chi connectivity index (χ3n) is 3.49. The number of aromatic nitrogens is 1. The molecule has 0 aliphatic carbocycles. The van der Waals surface area contributed by atoms with Crippen LogP contribution in [0.2, 0.25) is 0 Å². The lowest BCUT2D eigenvalue weighted by Crippen LogP contribution is -2.35. The Kier molecular flexibility index (Phi) is 2.76. The van der Waals surface area contributed by atoms with Crippen LogP contribution in [0.4, 0.5) is 0 Å². The second kappa shape index (κ2) is 4.42. The molecular weight excluding hydrogens is 232 g/mol. The molecule has 5 heteroatoms. The number of piperidine rings is 1. The molecule has 94 valence electrons. The van der Waals surface area contributed by atoms with E-state index in [1.165, 1.54) is 0 Å². The number of carbonyl (C=O) groups is 1. The maximum atomic E-state index is 11.1. The molecule has 1 aliphatic heterocycles. The zero-order valence-corrected chi connectivity index (χ0v) is 9.80. The molecule has 2 aromatic rings. The van der Waals surface area contributed by atoms with Crippen LogP contribution in [0, 0.1) is 5.92 Å². The van der Waals surface area contributed by atoms with Gasteiger partial charge in [-0.15, -0.1) is 0 Å². The molecule has 3 heterocycles. The molecule has 2 unspecified atom stereocenters. The molecule has 3 rings (SSSR count). The number of nitrogens with zero attached hydrogens (tertiary/aromatic N) is 1. The first kappa shape index (κ1) is 11.2. The van der Waals surface area contributed by atoms with Crippen LogP contribution in [-0.2, 0) is 4.79 Å². The summed E-state index contributed by atoms with van der Waals surface area (Å²) >= 11 is 0. The normalized spacial score (nSPS) is 24.2. The van der Waals surface area contributed by atoms with E-state index >= 15 is 0 Å². The summed E-state index contributed by atoms with van der Waals surface area (Å²) < 4.78 is 5.34. The molecule has 2 aromatic heterocycles. The molecule has 0 saturated carbocycles. The number of hydrogen-bond acceptors (Lipinski definition) is 4. The van der Waals surface area contributed by atoms with Crippen molar-refractivity contribution >= 4 is 16.9 Å². The third kappa shape index (κ3) is 1.86. The average molecular weight is 246 g/mol. The van der Waals surface area contributed by atoms with Gasteiger partial charge in [0.2, 0.25) is 0 Å². The van der Waals surface area contributed by atoms with Crippen LogP contribution in [0.15, 0.2) is 29.0 Å². The topological polar surface area (TPSA) is 75.4 Å². The van der Waals surface area contributed by atoms with Crippen LogP contribution in [0.5, 0.6) is 0 Å². The molecule has 18 heavy (non-hydrogen) atoms. The van der Waals surface area contributed by atoms with Crippen molar-refractivity contribution in [3.8, 4) is 0 Å². The summed E-state index contributed by atoms with van der Waals surface area (Å²) in [6, 6.07) is 3.68. The van der Waals surface area contributed by atoms with Crippen LogP contribution in [0.25, 0.3) is 11.0 Å². The van der Waals surface area contributed by atoms with Gasteiger partial charge < -0.3 is 14.8 Å². The summed E-state index contributed by atoms with van der Waals surface area (Å²) in [5, 5.41) is 13.4. The summed E-state index contributed by atoms with van der Waals surface area (Å²) in [7, 11) is 0. The van der Waals surface area contributed by atoms with Gasteiger partial charge in [-0.2, -0.15) is 0 Å². The van der Waals surface area contributed by atoms with Gasteiger partial charge in [0.25, 0.3) is 0 Å². The fourth-order valence-electron chi connectivity index (χ4n) is 2.54. The van der Waals surface area contributed by atoms with Gasteiger partial charge >= 0.3 is 5.97 Å². The number of hydrogen-bond donors (Lipinski definition) is 2. The Bertz CT molecular complexity index is 578. The highest BCUT2D eigenvalue weighted by molar-refractivity contribution is 5.80. The summed E-state index contributed by atoms with van der Waals surface area (Å²) in [5.41, 5.74) is 1.67. The maximum Gasteiger partial charge on any atom is 0.306 e. The van der Waals surface area contributed by atoms with E-state index in [0.29, 0.717) is 19.4 Å². The van der Waals surface area contributed by atoms with E-state index in [1.807, 2.05) is 12.1 Å². The number of pyridine rings is 1. The lowest BCUT2D eigenvalue weighted by atomic mass is 9.90. The standard InChI is InChI=1S/C13H14N2O3/c16-13(17)8-1-4-14-10(7-8)12-9-3-6-18-11(9)2-5-15-12/h2-3,5-6,8,10,14H,1,4,7H2,(H,16,17). The zero-order valence-electron chi connectivity index (χ0n) is 9.80. The lowest BCUT2D eigenvalue weighted by Gasteiger charge is -2.27.